The third-order valence-electron chi connectivity index (χ3n) is 4.42. The number of likely N-dealkylation sites (N-methyl/N-ethyl adjacent to an activating group) is 1. The molecule has 0 atom stereocenters. The minimum atomic E-state index is -4.59. The molecule has 0 bridgehead atoms. The number of fused-ring (bicyclic) bond motifs is 2. The molecule has 2 aliphatic heterocycles. The van der Waals surface area contributed by atoms with Gasteiger partial charge in [-0.3, -0.25) is 4.79 Å². The highest BCUT2D eigenvalue weighted by atomic mass is 19.4. The SMILES string of the molecule is CN1CCc2c(C(F)(F)F)nn(-c3ccc4c(c3)CCO4)c2C1=O. The number of halogens is 3. The summed E-state index contributed by atoms with van der Waals surface area (Å²) in [6.45, 7) is 0.796. The Hall–Kier alpha value is -2.51. The predicted octanol–water partition coefficient (Wildman–Crippen LogP) is 2.45. The number of carbonyl (C=O) groups excluding carboxylic acids is 1. The van der Waals surface area contributed by atoms with Crippen molar-refractivity contribution in [1.29, 1.82) is 0 Å². The molecule has 0 N–H and O–H groups in total. The highest BCUT2D eigenvalue weighted by Crippen LogP contribution is 2.36. The van der Waals surface area contributed by atoms with E-state index in [1.165, 1.54) is 4.90 Å². The standard InChI is InChI=1S/C16H14F3N3O2/c1-21-6-4-11-13(15(21)23)22(20-14(11)16(17,18)19)10-2-3-12-9(8-10)5-7-24-12/h2-3,8H,4-7H2,1H3. The Labute approximate surface area is 135 Å². The summed E-state index contributed by atoms with van der Waals surface area (Å²) < 4.78 is 46.5. The first-order chi connectivity index (χ1) is 11.4. The van der Waals surface area contributed by atoms with E-state index < -0.39 is 17.8 Å². The number of ether oxygens (including phenoxy) is 1. The highest BCUT2D eigenvalue weighted by molar-refractivity contribution is 5.96. The number of nitrogens with zero attached hydrogens (tertiary/aromatic N) is 3. The summed E-state index contributed by atoms with van der Waals surface area (Å²) in [6, 6.07) is 5.06. The normalized spacial score (nSPS) is 16.8. The average Bonchev–Trinajstić information content (AvgIpc) is 3.13. The monoisotopic (exact) mass is 337 g/mol. The van der Waals surface area contributed by atoms with Crippen molar-refractivity contribution < 1.29 is 22.7 Å². The molecule has 0 radical (unpaired) electrons. The number of alkyl halides is 3. The number of rotatable bonds is 1. The van der Waals surface area contributed by atoms with E-state index in [9.17, 15) is 18.0 Å². The molecule has 2 aromatic rings. The number of benzene rings is 1. The summed E-state index contributed by atoms with van der Waals surface area (Å²) in [7, 11) is 1.58. The molecule has 3 heterocycles. The molecule has 1 aromatic heterocycles. The largest absolute Gasteiger partial charge is 0.493 e. The lowest BCUT2D eigenvalue weighted by molar-refractivity contribution is -0.142. The van der Waals surface area contributed by atoms with E-state index in [0.717, 1.165) is 16.0 Å². The summed E-state index contributed by atoms with van der Waals surface area (Å²) in [5.41, 5.74) is 0.338. The van der Waals surface area contributed by atoms with Crippen molar-refractivity contribution >= 4 is 5.91 Å². The van der Waals surface area contributed by atoms with Crippen LogP contribution in [0.25, 0.3) is 5.69 Å². The number of aromatic nitrogens is 2. The van der Waals surface area contributed by atoms with Crippen LogP contribution in [-0.2, 0) is 19.0 Å². The van der Waals surface area contributed by atoms with Crippen LogP contribution >= 0.6 is 0 Å². The molecule has 1 amide bonds. The van der Waals surface area contributed by atoms with Crippen molar-refractivity contribution in [3.05, 3.63) is 40.7 Å². The zero-order valence-electron chi connectivity index (χ0n) is 12.9. The van der Waals surface area contributed by atoms with Crippen LogP contribution in [0.2, 0.25) is 0 Å². The molecule has 0 aliphatic carbocycles. The van der Waals surface area contributed by atoms with Crippen molar-refractivity contribution in [2.45, 2.75) is 19.0 Å². The maximum absolute atomic E-state index is 13.3. The second-order valence-electron chi connectivity index (χ2n) is 5.95. The molecule has 0 saturated heterocycles. The summed E-state index contributed by atoms with van der Waals surface area (Å²) in [6.07, 6.45) is -3.77. The molecule has 5 nitrogen and oxygen atoms in total. The van der Waals surface area contributed by atoms with E-state index in [1.807, 2.05) is 0 Å². The summed E-state index contributed by atoms with van der Waals surface area (Å²) in [5, 5.41) is 3.75. The Bertz CT molecular complexity index is 842. The zero-order chi connectivity index (χ0) is 17.1. The molecule has 4 rings (SSSR count). The summed E-state index contributed by atoms with van der Waals surface area (Å²) in [4.78, 5) is 13.9. The fraction of sp³-hybridized carbons (Fsp3) is 0.375. The van der Waals surface area contributed by atoms with Crippen LogP contribution in [-0.4, -0.2) is 40.8 Å². The van der Waals surface area contributed by atoms with Crippen molar-refractivity contribution in [2.24, 2.45) is 0 Å². The molecule has 0 saturated carbocycles. The van der Waals surface area contributed by atoms with E-state index in [4.69, 9.17) is 4.74 Å². The third kappa shape index (κ3) is 2.16. The van der Waals surface area contributed by atoms with Gasteiger partial charge in [-0.2, -0.15) is 18.3 Å². The van der Waals surface area contributed by atoms with Gasteiger partial charge in [0.05, 0.1) is 12.3 Å². The Morgan fingerprint density at radius 2 is 2.04 bits per heavy atom. The molecule has 0 fully saturated rings. The average molecular weight is 337 g/mol. The van der Waals surface area contributed by atoms with Gasteiger partial charge in [0, 0.05) is 25.6 Å². The lowest BCUT2D eigenvalue weighted by Gasteiger charge is -2.23. The van der Waals surface area contributed by atoms with Gasteiger partial charge in [0.1, 0.15) is 11.4 Å². The van der Waals surface area contributed by atoms with Gasteiger partial charge in [-0.15, -0.1) is 0 Å². The first-order valence-corrected chi connectivity index (χ1v) is 7.57. The number of carbonyl (C=O) groups is 1. The fourth-order valence-corrected chi connectivity index (χ4v) is 3.19. The van der Waals surface area contributed by atoms with Gasteiger partial charge in [0.15, 0.2) is 5.69 Å². The van der Waals surface area contributed by atoms with Gasteiger partial charge in [-0.05, 0) is 30.2 Å². The molecule has 0 unspecified atom stereocenters. The molecular weight excluding hydrogens is 323 g/mol. The van der Waals surface area contributed by atoms with Crippen LogP contribution in [0, 0.1) is 0 Å². The smallest absolute Gasteiger partial charge is 0.435 e. The first kappa shape index (κ1) is 15.0. The Morgan fingerprint density at radius 3 is 2.79 bits per heavy atom. The van der Waals surface area contributed by atoms with Crippen LogP contribution in [0.1, 0.15) is 27.3 Å². The molecular formula is C16H14F3N3O2. The van der Waals surface area contributed by atoms with E-state index in [2.05, 4.69) is 5.10 Å². The van der Waals surface area contributed by atoms with Crippen LogP contribution in [0.3, 0.4) is 0 Å². The van der Waals surface area contributed by atoms with Crippen LogP contribution in [0.5, 0.6) is 5.75 Å². The Morgan fingerprint density at radius 1 is 1.25 bits per heavy atom. The van der Waals surface area contributed by atoms with Crippen molar-refractivity contribution in [3.8, 4) is 11.4 Å². The van der Waals surface area contributed by atoms with Crippen molar-refractivity contribution in [3.63, 3.8) is 0 Å². The van der Waals surface area contributed by atoms with Gasteiger partial charge in [-0.1, -0.05) is 0 Å². The molecule has 24 heavy (non-hydrogen) atoms. The minimum Gasteiger partial charge on any atom is -0.493 e. The van der Waals surface area contributed by atoms with Crippen LogP contribution in [0.4, 0.5) is 13.2 Å². The van der Waals surface area contributed by atoms with Gasteiger partial charge in [0.2, 0.25) is 0 Å². The van der Waals surface area contributed by atoms with E-state index in [-0.39, 0.29) is 24.2 Å². The zero-order valence-corrected chi connectivity index (χ0v) is 12.9. The molecule has 1 aromatic carbocycles. The molecule has 8 heteroatoms. The molecule has 2 aliphatic rings. The lowest BCUT2D eigenvalue weighted by atomic mass is 10.0. The van der Waals surface area contributed by atoms with E-state index >= 15 is 0 Å². The maximum atomic E-state index is 13.3. The van der Waals surface area contributed by atoms with Gasteiger partial charge >= 0.3 is 6.18 Å². The van der Waals surface area contributed by atoms with Crippen molar-refractivity contribution in [2.75, 3.05) is 20.2 Å². The predicted molar refractivity (Wildman–Crippen MR) is 78.4 cm³/mol. The molecule has 0 spiro atoms. The number of hydrogen-bond acceptors (Lipinski definition) is 3. The fourth-order valence-electron chi connectivity index (χ4n) is 3.19. The van der Waals surface area contributed by atoms with E-state index in [1.54, 1.807) is 25.2 Å². The van der Waals surface area contributed by atoms with Gasteiger partial charge < -0.3 is 9.64 Å². The highest BCUT2D eigenvalue weighted by Gasteiger charge is 2.42. The van der Waals surface area contributed by atoms with E-state index in [0.29, 0.717) is 18.7 Å². The second-order valence-corrected chi connectivity index (χ2v) is 5.95. The van der Waals surface area contributed by atoms with Crippen LogP contribution < -0.4 is 4.74 Å². The van der Waals surface area contributed by atoms with Crippen LogP contribution in [0.15, 0.2) is 18.2 Å². The quantitative estimate of drug-likeness (QED) is 0.803. The first-order valence-electron chi connectivity index (χ1n) is 7.57. The van der Waals surface area contributed by atoms with Gasteiger partial charge in [-0.25, -0.2) is 4.68 Å². The second kappa shape index (κ2) is 4.99. The Balaban J connectivity index is 1.92. The maximum Gasteiger partial charge on any atom is 0.435 e. The topological polar surface area (TPSA) is 47.4 Å². The minimum absolute atomic E-state index is 0.00468. The lowest BCUT2D eigenvalue weighted by Crippen LogP contribution is -2.35. The van der Waals surface area contributed by atoms with Crippen molar-refractivity contribution in [1.82, 2.24) is 14.7 Å². The molecule has 126 valence electrons. The number of hydrogen-bond donors (Lipinski definition) is 0. The summed E-state index contributed by atoms with van der Waals surface area (Å²) >= 11 is 0. The Kier molecular flexibility index (Phi) is 3.13. The summed E-state index contributed by atoms with van der Waals surface area (Å²) in [5.74, 6) is 0.273. The van der Waals surface area contributed by atoms with Gasteiger partial charge in [0.25, 0.3) is 5.91 Å². The third-order valence-corrected chi connectivity index (χ3v) is 4.42. The number of amides is 1.